The molecular weight excluding hydrogens is 494 g/mol. The molecule has 0 aliphatic heterocycles. The molecule has 0 amide bonds. The molecule has 0 aliphatic carbocycles. The van der Waals surface area contributed by atoms with Crippen molar-refractivity contribution in [3.63, 3.8) is 0 Å². The smallest absolute Gasteiger partial charge is 0.352 e. The Morgan fingerprint density at radius 3 is 2.41 bits per heavy atom. The molecule has 0 saturated heterocycles. The first-order valence-electron chi connectivity index (χ1n) is 11.6. The maximum atomic E-state index is 12.0. The first kappa shape index (κ1) is 26.3. The Morgan fingerprint density at radius 2 is 1.78 bits per heavy atom. The number of hydrogen-bond donors (Lipinski definition) is 5. The van der Waals surface area contributed by atoms with Crippen molar-refractivity contribution in [1.82, 2.24) is 14.9 Å². The minimum absolute atomic E-state index is 0.00269. The van der Waals surface area contributed by atoms with Crippen molar-refractivity contribution in [1.29, 1.82) is 0 Å². The van der Waals surface area contributed by atoms with Crippen molar-refractivity contribution in [2.75, 3.05) is 12.3 Å². The van der Waals surface area contributed by atoms with Crippen LogP contribution in [0.2, 0.25) is 0 Å². The van der Waals surface area contributed by atoms with Gasteiger partial charge in [0.25, 0.3) is 0 Å². The average Bonchev–Trinajstić information content (AvgIpc) is 3.20. The lowest BCUT2D eigenvalue weighted by Crippen LogP contribution is -2.32. The van der Waals surface area contributed by atoms with Crippen molar-refractivity contribution >= 4 is 32.7 Å². The van der Waals surface area contributed by atoms with E-state index in [9.17, 15) is 23.4 Å². The third kappa shape index (κ3) is 6.33. The number of nitrogen functional groups attached to an aromatic ring is 1. The quantitative estimate of drug-likeness (QED) is 0.210. The van der Waals surface area contributed by atoms with Gasteiger partial charge >= 0.3 is 5.97 Å². The summed E-state index contributed by atoms with van der Waals surface area (Å²) in [6, 6.07) is 16.9. The Kier molecular flexibility index (Phi) is 7.60. The van der Waals surface area contributed by atoms with Crippen LogP contribution in [0, 0.1) is 0 Å². The molecule has 7 N–H and O–H groups in total. The number of carboxylic acid groups (broad SMARTS) is 1. The number of aliphatic hydroxyl groups excluding tert-OH is 1. The normalized spacial score (nSPS) is 13.5. The fraction of sp³-hybridized carbons (Fsp3) is 0.231. The highest BCUT2D eigenvalue weighted by atomic mass is 32.2. The van der Waals surface area contributed by atoms with Gasteiger partial charge in [0.05, 0.1) is 11.0 Å². The predicted octanol–water partition coefficient (Wildman–Crippen LogP) is 2.27. The molecule has 2 aromatic heterocycles. The number of sulfonamides is 1. The number of hydrogen-bond acceptors (Lipinski definition) is 7. The van der Waals surface area contributed by atoms with Crippen molar-refractivity contribution in [3.8, 4) is 0 Å². The van der Waals surface area contributed by atoms with Crippen LogP contribution in [0.1, 0.15) is 40.2 Å². The fourth-order valence-electron chi connectivity index (χ4n) is 4.23. The third-order valence-electron chi connectivity index (χ3n) is 6.17. The summed E-state index contributed by atoms with van der Waals surface area (Å²) in [6.07, 6.45) is 1.51. The third-order valence-corrected chi connectivity index (χ3v) is 7.10. The summed E-state index contributed by atoms with van der Waals surface area (Å²) in [6.45, 7) is 2.61. The van der Waals surface area contributed by atoms with Crippen molar-refractivity contribution < 1.29 is 23.4 Å². The molecular formula is C26H29N5O5S. The van der Waals surface area contributed by atoms with Gasteiger partial charge in [-0.2, -0.15) is 0 Å². The van der Waals surface area contributed by atoms with Crippen LogP contribution < -0.4 is 16.2 Å². The Balaban J connectivity index is 1.48. The van der Waals surface area contributed by atoms with E-state index in [-0.39, 0.29) is 23.2 Å². The number of aliphatic hydroxyl groups is 1. The van der Waals surface area contributed by atoms with E-state index in [1.807, 2.05) is 25.1 Å². The molecule has 0 spiro atoms. The number of carbonyl (C=O) groups is 1. The number of pyridine rings is 1. The summed E-state index contributed by atoms with van der Waals surface area (Å²) >= 11 is 0. The van der Waals surface area contributed by atoms with E-state index in [2.05, 4.69) is 10.3 Å². The van der Waals surface area contributed by atoms with Crippen LogP contribution in [0.5, 0.6) is 0 Å². The number of benzene rings is 2. The lowest BCUT2D eigenvalue weighted by molar-refractivity contribution is 0.0686. The van der Waals surface area contributed by atoms with E-state index in [1.165, 1.54) is 12.1 Å². The van der Waals surface area contributed by atoms with Gasteiger partial charge < -0.3 is 25.8 Å². The van der Waals surface area contributed by atoms with Crippen LogP contribution in [-0.2, 0) is 23.0 Å². The summed E-state index contributed by atoms with van der Waals surface area (Å²) in [5, 5.41) is 29.4. The molecule has 4 rings (SSSR count). The zero-order chi connectivity index (χ0) is 26.7. The van der Waals surface area contributed by atoms with Gasteiger partial charge in [-0.05, 0) is 60.9 Å². The van der Waals surface area contributed by atoms with Gasteiger partial charge in [0.15, 0.2) is 0 Å². The molecule has 0 saturated carbocycles. The number of fused-ring (bicyclic) bond motifs is 1. The molecule has 2 aromatic carbocycles. The number of nitrogens with zero attached hydrogens (tertiary/aromatic N) is 2. The van der Waals surface area contributed by atoms with Crippen LogP contribution in [0.15, 0.2) is 71.8 Å². The molecule has 4 aromatic rings. The minimum Gasteiger partial charge on any atom is -0.477 e. The maximum absolute atomic E-state index is 12.0. The van der Waals surface area contributed by atoms with Gasteiger partial charge in [-0.1, -0.05) is 24.3 Å². The number of anilines is 1. The van der Waals surface area contributed by atoms with Gasteiger partial charge in [0, 0.05) is 41.8 Å². The first-order valence-corrected chi connectivity index (χ1v) is 13.2. The van der Waals surface area contributed by atoms with E-state index in [1.54, 1.807) is 41.1 Å². The molecule has 10 nitrogen and oxygen atoms in total. The van der Waals surface area contributed by atoms with Gasteiger partial charge in [0.2, 0.25) is 10.0 Å². The van der Waals surface area contributed by atoms with Crippen molar-refractivity contribution in [3.05, 3.63) is 89.2 Å². The number of carboxylic acids is 1. The number of aromatic nitrogens is 2. The van der Waals surface area contributed by atoms with Crippen LogP contribution in [0.3, 0.4) is 0 Å². The Hall–Kier alpha value is -3.77. The van der Waals surface area contributed by atoms with Crippen LogP contribution in [-0.4, -0.2) is 46.7 Å². The van der Waals surface area contributed by atoms with E-state index in [0.29, 0.717) is 24.3 Å². The number of primary sulfonamides is 1. The second kappa shape index (κ2) is 10.7. The second-order valence-corrected chi connectivity index (χ2v) is 10.6. The van der Waals surface area contributed by atoms with Crippen molar-refractivity contribution in [2.45, 2.75) is 36.9 Å². The number of nitrogens with one attached hydrogen (secondary N) is 1. The lowest BCUT2D eigenvalue weighted by atomic mass is 10.0. The number of aromatic carboxylic acids is 1. The van der Waals surface area contributed by atoms with Crippen LogP contribution in [0.4, 0.5) is 5.82 Å². The van der Waals surface area contributed by atoms with Gasteiger partial charge in [0.1, 0.15) is 11.5 Å². The maximum Gasteiger partial charge on any atom is 0.352 e. The molecule has 0 bridgehead atoms. The summed E-state index contributed by atoms with van der Waals surface area (Å²) in [5.74, 6) is -0.660. The highest BCUT2D eigenvalue weighted by Gasteiger charge is 2.17. The standard InChI is InChI=1S/C26H29N5O5S/c1-16(29-14-24(32)19-5-9-25(27)30-13-19)10-18-4-8-22-20(11-18)12-23(26(33)34)31(22)15-17-2-6-21(7-3-17)37(28,35)36/h2-9,11-13,16,24,29,32H,10,14-15H2,1H3,(H2,27,30)(H,33,34)(H2,28,35,36). The van der Waals surface area contributed by atoms with Gasteiger partial charge in [-0.15, -0.1) is 0 Å². The van der Waals surface area contributed by atoms with Gasteiger partial charge in [-0.25, -0.2) is 23.3 Å². The monoisotopic (exact) mass is 523 g/mol. The molecule has 0 fully saturated rings. The number of nitrogens with two attached hydrogens (primary N) is 2. The molecule has 0 radical (unpaired) electrons. The van der Waals surface area contributed by atoms with E-state index >= 15 is 0 Å². The van der Waals surface area contributed by atoms with E-state index < -0.39 is 22.1 Å². The molecule has 37 heavy (non-hydrogen) atoms. The van der Waals surface area contributed by atoms with Crippen molar-refractivity contribution in [2.24, 2.45) is 5.14 Å². The zero-order valence-corrected chi connectivity index (χ0v) is 21.0. The zero-order valence-electron chi connectivity index (χ0n) is 20.2. The van der Waals surface area contributed by atoms with E-state index in [4.69, 9.17) is 10.9 Å². The molecule has 2 atom stereocenters. The SMILES string of the molecule is CC(Cc1ccc2c(c1)cc(C(=O)O)n2Cc1ccc(S(N)(=O)=O)cc1)NCC(O)c1ccc(N)nc1. The second-order valence-electron chi connectivity index (χ2n) is 9.05. The average molecular weight is 524 g/mol. The summed E-state index contributed by atoms with van der Waals surface area (Å²) in [4.78, 5) is 16.0. The highest BCUT2D eigenvalue weighted by Crippen LogP contribution is 2.24. The summed E-state index contributed by atoms with van der Waals surface area (Å²) < 4.78 is 24.7. The highest BCUT2D eigenvalue weighted by molar-refractivity contribution is 7.89. The van der Waals surface area contributed by atoms with Gasteiger partial charge in [-0.3, -0.25) is 0 Å². The molecule has 0 aliphatic rings. The molecule has 194 valence electrons. The summed E-state index contributed by atoms with van der Waals surface area (Å²) in [7, 11) is -3.80. The van der Waals surface area contributed by atoms with Crippen LogP contribution in [0.25, 0.3) is 10.9 Å². The Bertz CT molecular complexity index is 1520. The van der Waals surface area contributed by atoms with E-state index in [0.717, 1.165) is 22.0 Å². The van der Waals surface area contributed by atoms with Crippen LogP contribution >= 0.6 is 0 Å². The predicted molar refractivity (Wildman–Crippen MR) is 141 cm³/mol. The minimum atomic E-state index is -3.80. The number of rotatable bonds is 10. The fourth-order valence-corrected chi connectivity index (χ4v) is 4.75. The molecule has 2 unspecified atom stereocenters. The Labute approximate surface area is 214 Å². The Morgan fingerprint density at radius 1 is 1.08 bits per heavy atom. The topological polar surface area (TPSA) is 174 Å². The summed E-state index contributed by atoms with van der Waals surface area (Å²) in [5.41, 5.74) is 8.91. The molecule has 2 heterocycles. The largest absolute Gasteiger partial charge is 0.477 e. The lowest BCUT2D eigenvalue weighted by Gasteiger charge is -2.17. The molecule has 11 heteroatoms. The first-order chi connectivity index (χ1) is 17.5.